The number of amides is 1. The van der Waals surface area contributed by atoms with Crippen molar-refractivity contribution in [2.75, 3.05) is 5.32 Å². The van der Waals surface area contributed by atoms with Gasteiger partial charge < -0.3 is 0 Å². The Hall–Kier alpha value is -3.46. The first-order valence-electron chi connectivity index (χ1n) is 8.07. The summed E-state index contributed by atoms with van der Waals surface area (Å²) in [6, 6.07) is 13.7. The highest BCUT2D eigenvalue weighted by Crippen LogP contribution is 2.30. The third-order valence-corrected chi connectivity index (χ3v) is 4.12. The van der Waals surface area contributed by atoms with Crippen LogP contribution in [-0.4, -0.2) is 20.5 Å². The Bertz CT molecular complexity index is 1010. The van der Waals surface area contributed by atoms with Crippen LogP contribution in [0.15, 0.2) is 48.7 Å². The molecular formula is C19H15N5O. The Morgan fingerprint density at radius 2 is 2.08 bits per heavy atom. The SMILES string of the molecule is N#CC=Cc1ccc(-c2cccn3nc(NC(=O)C4CC4)nc23)cc1. The average Bonchev–Trinajstić information content (AvgIpc) is 3.40. The number of hydrogen-bond acceptors (Lipinski definition) is 4. The van der Waals surface area contributed by atoms with Gasteiger partial charge in [-0.1, -0.05) is 24.3 Å². The number of aromatic nitrogens is 3. The van der Waals surface area contributed by atoms with Gasteiger partial charge in [0.2, 0.25) is 11.9 Å². The highest BCUT2D eigenvalue weighted by atomic mass is 16.2. The number of nitriles is 1. The van der Waals surface area contributed by atoms with Crippen LogP contribution in [-0.2, 0) is 4.79 Å². The smallest absolute Gasteiger partial charge is 0.249 e. The average molecular weight is 329 g/mol. The standard InChI is InChI=1S/C19H15N5O/c20-11-1-3-13-5-7-14(8-6-13)16-4-2-12-24-17(16)21-19(23-24)22-18(25)15-9-10-15/h1-8,12,15H,9-10H2,(H,22,23,25). The van der Waals surface area contributed by atoms with Gasteiger partial charge in [-0.25, -0.2) is 4.52 Å². The van der Waals surface area contributed by atoms with Crippen molar-refractivity contribution in [3.63, 3.8) is 0 Å². The minimum absolute atomic E-state index is 0.00825. The molecule has 2 heterocycles. The van der Waals surface area contributed by atoms with E-state index in [0.29, 0.717) is 11.6 Å². The zero-order valence-electron chi connectivity index (χ0n) is 13.4. The first-order valence-corrected chi connectivity index (χ1v) is 8.07. The van der Waals surface area contributed by atoms with Gasteiger partial charge in [-0.15, -0.1) is 5.10 Å². The summed E-state index contributed by atoms with van der Waals surface area (Å²) < 4.78 is 1.67. The number of nitrogens with one attached hydrogen (secondary N) is 1. The van der Waals surface area contributed by atoms with Crippen molar-refractivity contribution in [2.45, 2.75) is 12.8 Å². The van der Waals surface area contributed by atoms with E-state index in [0.717, 1.165) is 29.5 Å². The molecule has 6 nitrogen and oxygen atoms in total. The lowest BCUT2D eigenvalue weighted by Gasteiger charge is -2.03. The van der Waals surface area contributed by atoms with Gasteiger partial charge in [0, 0.05) is 23.8 Å². The second-order valence-electron chi connectivity index (χ2n) is 5.97. The number of benzene rings is 1. The molecule has 0 saturated heterocycles. The fourth-order valence-corrected chi connectivity index (χ4v) is 2.65. The van der Waals surface area contributed by atoms with Crippen LogP contribution in [0.1, 0.15) is 18.4 Å². The predicted molar refractivity (Wildman–Crippen MR) is 94.4 cm³/mol. The fourth-order valence-electron chi connectivity index (χ4n) is 2.65. The summed E-state index contributed by atoms with van der Waals surface area (Å²) in [6.45, 7) is 0. The molecule has 122 valence electrons. The van der Waals surface area contributed by atoms with Gasteiger partial charge in [0.15, 0.2) is 5.65 Å². The summed E-state index contributed by atoms with van der Waals surface area (Å²) in [5.74, 6) is 0.434. The van der Waals surface area contributed by atoms with Crippen molar-refractivity contribution in [1.29, 1.82) is 5.26 Å². The molecule has 1 aliphatic carbocycles. The molecule has 1 aromatic carbocycles. The Balaban J connectivity index is 1.67. The Labute approximate surface area is 144 Å². The number of carbonyl (C=O) groups excluding carboxylic acids is 1. The fraction of sp³-hybridized carbons (Fsp3) is 0.158. The van der Waals surface area contributed by atoms with E-state index in [1.54, 1.807) is 10.6 Å². The number of pyridine rings is 1. The Morgan fingerprint density at radius 1 is 1.28 bits per heavy atom. The highest BCUT2D eigenvalue weighted by Gasteiger charge is 2.30. The van der Waals surface area contributed by atoms with Gasteiger partial charge in [-0.05, 0) is 42.2 Å². The molecule has 1 saturated carbocycles. The number of rotatable bonds is 4. The van der Waals surface area contributed by atoms with E-state index in [1.807, 2.05) is 48.7 Å². The van der Waals surface area contributed by atoms with Crippen LogP contribution in [0.4, 0.5) is 5.95 Å². The van der Waals surface area contributed by atoms with Crippen molar-refractivity contribution < 1.29 is 4.79 Å². The van der Waals surface area contributed by atoms with Gasteiger partial charge in [0.1, 0.15) is 0 Å². The molecule has 2 aromatic heterocycles. The summed E-state index contributed by atoms with van der Waals surface area (Å²) >= 11 is 0. The third-order valence-electron chi connectivity index (χ3n) is 4.12. The molecule has 25 heavy (non-hydrogen) atoms. The van der Waals surface area contributed by atoms with Crippen molar-refractivity contribution in [1.82, 2.24) is 14.6 Å². The second kappa shape index (κ2) is 6.21. The molecule has 0 bridgehead atoms. The lowest BCUT2D eigenvalue weighted by molar-refractivity contribution is -0.117. The summed E-state index contributed by atoms with van der Waals surface area (Å²) in [4.78, 5) is 16.4. The maximum atomic E-state index is 11.9. The highest BCUT2D eigenvalue weighted by molar-refractivity contribution is 5.93. The van der Waals surface area contributed by atoms with E-state index in [4.69, 9.17) is 5.26 Å². The monoisotopic (exact) mass is 329 g/mol. The van der Waals surface area contributed by atoms with Crippen molar-refractivity contribution in [3.05, 3.63) is 54.2 Å². The molecule has 0 atom stereocenters. The van der Waals surface area contributed by atoms with Gasteiger partial charge in [-0.2, -0.15) is 10.2 Å². The van der Waals surface area contributed by atoms with E-state index in [9.17, 15) is 4.79 Å². The molecule has 6 heteroatoms. The number of allylic oxidation sites excluding steroid dienone is 1. The molecule has 4 rings (SSSR count). The van der Waals surface area contributed by atoms with Crippen LogP contribution in [0.3, 0.4) is 0 Å². The van der Waals surface area contributed by atoms with E-state index < -0.39 is 0 Å². The van der Waals surface area contributed by atoms with E-state index >= 15 is 0 Å². The van der Waals surface area contributed by atoms with Gasteiger partial charge in [0.25, 0.3) is 0 Å². The summed E-state index contributed by atoms with van der Waals surface area (Å²) in [5, 5.41) is 15.7. The third kappa shape index (κ3) is 3.12. The van der Waals surface area contributed by atoms with Crippen LogP contribution in [0.25, 0.3) is 22.9 Å². The van der Waals surface area contributed by atoms with Crippen LogP contribution >= 0.6 is 0 Å². The maximum Gasteiger partial charge on any atom is 0.249 e. The molecule has 0 unspecified atom stereocenters. The van der Waals surface area contributed by atoms with Crippen molar-refractivity contribution >= 4 is 23.6 Å². The summed E-state index contributed by atoms with van der Waals surface area (Å²) in [6.07, 6.45) is 6.90. The topological polar surface area (TPSA) is 83.1 Å². The normalized spacial score (nSPS) is 13.9. The van der Waals surface area contributed by atoms with E-state index in [2.05, 4.69) is 15.4 Å². The van der Waals surface area contributed by atoms with Gasteiger partial charge in [-0.3, -0.25) is 10.1 Å². The van der Waals surface area contributed by atoms with Gasteiger partial charge >= 0.3 is 0 Å². The zero-order valence-corrected chi connectivity index (χ0v) is 13.4. The van der Waals surface area contributed by atoms with Crippen molar-refractivity contribution in [3.8, 4) is 17.2 Å². The molecule has 3 aromatic rings. The Kier molecular flexibility index (Phi) is 3.75. The molecule has 0 aliphatic heterocycles. The Morgan fingerprint density at radius 3 is 2.80 bits per heavy atom. The minimum Gasteiger partial charge on any atom is -0.293 e. The predicted octanol–water partition coefficient (Wildman–Crippen LogP) is 3.28. The summed E-state index contributed by atoms with van der Waals surface area (Å²) in [5.41, 5.74) is 3.56. The van der Waals surface area contributed by atoms with Crippen LogP contribution in [0, 0.1) is 17.2 Å². The molecule has 0 spiro atoms. The molecule has 1 aliphatic rings. The lowest BCUT2D eigenvalue weighted by Crippen LogP contribution is -2.14. The zero-order chi connectivity index (χ0) is 17.2. The first kappa shape index (κ1) is 15.1. The number of carbonyl (C=O) groups is 1. The number of nitrogens with zero attached hydrogens (tertiary/aromatic N) is 4. The molecule has 1 fully saturated rings. The molecule has 1 N–H and O–H groups in total. The number of anilines is 1. The minimum atomic E-state index is -0.00825. The van der Waals surface area contributed by atoms with E-state index in [1.165, 1.54) is 6.08 Å². The largest absolute Gasteiger partial charge is 0.293 e. The number of fused-ring (bicyclic) bond motifs is 1. The quantitative estimate of drug-likeness (QED) is 0.745. The van der Waals surface area contributed by atoms with Gasteiger partial charge in [0.05, 0.1) is 6.07 Å². The lowest BCUT2D eigenvalue weighted by atomic mass is 10.0. The van der Waals surface area contributed by atoms with Crippen LogP contribution < -0.4 is 5.32 Å². The first-order chi connectivity index (χ1) is 12.2. The van der Waals surface area contributed by atoms with Crippen LogP contribution in [0.5, 0.6) is 0 Å². The number of hydrogen-bond donors (Lipinski definition) is 1. The molecule has 0 radical (unpaired) electrons. The summed E-state index contributed by atoms with van der Waals surface area (Å²) in [7, 11) is 0. The molecular weight excluding hydrogens is 314 g/mol. The second-order valence-corrected chi connectivity index (χ2v) is 5.97. The van der Waals surface area contributed by atoms with Crippen molar-refractivity contribution in [2.24, 2.45) is 5.92 Å². The van der Waals surface area contributed by atoms with E-state index in [-0.39, 0.29) is 11.8 Å². The van der Waals surface area contributed by atoms with Crippen LogP contribution in [0.2, 0.25) is 0 Å². The molecule has 1 amide bonds. The maximum absolute atomic E-state index is 11.9.